The van der Waals surface area contributed by atoms with Gasteiger partial charge in [-0.1, -0.05) is 0 Å². The maximum Gasteiger partial charge on any atom is 0.253 e. The van der Waals surface area contributed by atoms with Crippen molar-refractivity contribution in [2.45, 2.75) is 24.9 Å². The Labute approximate surface area is 129 Å². The second-order valence-corrected chi connectivity index (χ2v) is 5.21. The zero-order valence-electron chi connectivity index (χ0n) is 12.7. The predicted molar refractivity (Wildman–Crippen MR) is 82.0 cm³/mol. The van der Waals surface area contributed by atoms with Crippen molar-refractivity contribution in [2.24, 2.45) is 5.73 Å². The molecule has 4 N–H and O–H groups in total. The predicted octanol–water partition coefficient (Wildman–Crippen LogP) is 0.500. The first-order chi connectivity index (χ1) is 10.5. The summed E-state index contributed by atoms with van der Waals surface area (Å²) in [6, 6.07) is 4.31. The summed E-state index contributed by atoms with van der Waals surface area (Å²) in [6.45, 7) is 0.103. The highest BCUT2D eigenvalue weighted by Gasteiger charge is 2.26. The molecular formula is C15H21N3O4. The van der Waals surface area contributed by atoms with Crippen LogP contribution in [0.15, 0.2) is 18.2 Å². The van der Waals surface area contributed by atoms with Crippen molar-refractivity contribution < 1.29 is 19.1 Å². The van der Waals surface area contributed by atoms with Crippen molar-refractivity contribution in [2.75, 3.05) is 26.1 Å². The van der Waals surface area contributed by atoms with E-state index in [1.807, 2.05) is 0 Å². The zero-order valence-corrected chi connectivity index (χ0v) is 12.7. The molecule has 0 saturated heterocycles. The van der Waals surface area contributed by atoms with Crippen LogP contribution >= 0.6 is 0 Å². The van der Waals surface area contributed by atoms with Gasteiger partial charge in [0.25, 0.3) is 5.91 Å². The van der Waals surface area contributed by atoms with Crippen LogP contribution in [0.2, 0.25) is 0 Å². The standard InChI is InChI=1S/C15H21N3O4/c1-21-8-12(16)15(20)18-13-6-5-10(22-2)7-11(13)14(19)17-9-3-4-9/h5-7,9,12H,3-4,8,16H2,1-2H3,(H,17,19)(H,18,20). The molecule has 0 aliphatic heterocycles. The normalized spacial score (nSPS) is 15.0. The molecule has 1 aliphatic rings. The van der Waals surface area contributed by atoms with Crippen LogP contribution in [0.5, 0.6) is 5.75 Å². The second kappa shape index (κ2) is 7.24. The molecule has 0 radical (unpaired) electrons. The fourth-order valence-electron chi connectivity index (χ4n) is 1.92. The number of ether oxygens (including phenoxy) is 2. The second-order valence-electron chi connectivity index (χ2n) is 5.21. The van der Waals surface area contributed by atoms with E-state index in [-0.39, 0.29) is 18.6 Å². The van der Waals surface area contributed by atoms with Crippen molar-refractivity contribution in [1.29, 1.82) is 0 Å². The average Bonchev–Trinajstić information content (AvgIpc) is 3.31. The summed E-state index contributed by atoms with van der Waals surface area (Å²) < 4.78 is 9.99. The molecule has 1 unspecified atom stereocenters. The van der Waals surface area contributed by atoms with Crippen LogP contribution in [0.1, 0.15) is 23.2 Å². The number of nitrogens with one attached hydrogen (secondary N) is 2. The topological polar surface area (TPSA) is 103 Å². The first-order valence-corrected chi connectivity index (χ1v) is 7.09. The van der Waals surface area contributed by atoms with Crippen LogP contribution in [0.4, 0.5) is 5.69 Å². The van der Waals surface area contributed by atoms with Gasteiger partial charge in [-0.25, -0.2) is 0 Å². The molecule has 22 heavy (non-hydrogen) atoms. The Bertz CT molecular complexity index is 558. The molecule has 1 aromatic rings. The third-order valence-electron chi connectivity index (χ3n) is 3.32. The van der Waals surface area contributed by atoms with E-state index in [2.05, 4.69) is 10.6 Å². The van der Waals surface area contributed by atoms with Crippen molar-refractivity contribution in [3.8, 4) is 5.75 Å². The number of anilines is 1. The fraction of sp³-hybridized carbons (Fsp3) is 0.467. The van der Waals surface area contributed by atoms with Crippen molar-refractivity contribution in [1.82, 2.24) is 5.32 Å². The molecule has 0 bridgehead atoms. The summed E-state index contributed by atoms with van der Waals surface area (Å²) in [5, 5.41) is 5.55. The number of hydrogen-bond acceptors (Lipinski definition) is 5. The van der Waals surface area contributed by atoms with E-state index in [0.29, 0.717) is 17.0 Å². The van der Waals surface area contributed by atoms with Gasteiger partial charge in [-0.3, -0.25) is 9.59 Å². The Hall–Kier alpha value is -2.12. The fourth-order valence-corrected chi connectivity index (χ4v) is 1.92. The Balaban J connectivity index is 2.17. The minimum Gasteiger partial charge on any atom is -0.497 e. The number of nitrogens with two attached hydrogens (primary N) is 1. The monoisotopic (exact) mass is 307 g/mol. The molecule has 7 heteroatoms. The summed E-state index contributed by atoms with van der Waals surface area (Å²) >= 11 is 0. The smallest absolute Gasteiger partial charge is 0.253 e. The first-order valence-electron chi connectivity index (χ1n) is 7.09. The number of rotatable bonds is 7. The van der Waals surface area contributed by atoms with E-state index in [1.165, 1.54) is 14.2 Å². The van der Waals surface area contributed by atoms with Gasteiger partial charge in [-0.15, -0.1) is 0 Å². The van der Waals surface area contributed by atoms with Gasteiger partial charge in [0.05, 0.1) is 25.0 Å². The van der Waals surface area contributed by atoms with Crippen LogP contribution < -0.4 is 21.1 Å². The van der Waals surface area contributed by atoms with E-state index in [0.717, 1.165) is 12.8 Å². The molecule has 0 heterocycles. The van der Waals surface area contributed by atoms with Crippen LogP contribution in [0.25, 0.3) is 0 Å². The van der Waals surface area contributed by atoms with Gasteiger partial charge in [-0.05, 0) is 31.0 Å². The van der Waals surface area contributed by atoms with Gasteiger partial charge < -0.3 is 25.8 Å². The Morgan fingerprint density at radius 2 is 2.09 bits per heavy atom. The summed E-state index contributed by atoms with van der Waals surface area (Å²) in [4.78, 5) is 24.3. The maximum absolute atomic E-state index is 12.3. The van der Waals surface area contributed by atoms with Gasteiger partial charge in [-0.2, -0.15) is 0 Å². The SMILES string of the molecule is COCC(N)C(=O)Nc1ccc(OC)cc1C(=O)NC1CC1. The number of amides is 2. The molecule has 0 spiro atoms. The number of hydrogen-bond donors (Lipinski definition) is 3. The quantitative estimate of drug-likeness (QED) is 0.681. The number of carbonyl (C=O) groups is 2. The lowest BCUT2D eigenvalue weighted by Gasteiger charge is -2.15. The zero-order chi connectivity index (χ0) is 16.1. The third kappa shape index (κ3) is 4.19. The van der Waals surface area contributed by atoms with E-state index in [9.17, 15) is 9.59 Å². The van der Waals surface area contributed by atoms with E-state index in [4.69, 9.17) is 15.2 Å². The molecule has 7 nitrogen and oxygen atoms in total. The summed E-state index contributed by atoms with van der Waals surface area (Å²) in [5.41, 5.74) is 6.44. The van der Waals surface area contributed by atoms with Gasteiger partial charge in [0.1, 0.15) is 11.8 Å². The van der Waals surface area contributed by atoms with Gasteiger partial charge in [0, 0.05) is 13.2 Å². The molecule has 1 aromatic carbocycles. The van der Waals surface area contributed by atoms with Crippen LogP contribution in [0.3, 0.4) is 0 Å². The number of methoxy groups -OCH3 is 2. The van der Waals surface area contributed by atoms with E-state index < -0.39 is 11.9 Å². The number of benzene rings is 1. The minimum absolute atomic E-state index is 0.103. The van der Waals surface area contributed by atoms with Gasteiger partial charge >= 0.3 is 0 Å². The lowest BCUT2D eigenvalue weighted by Crippen LogP contribution is -2.39. The van der Waals surface area contributed by atoms with Gasteiger partial charge in [0.15, 0.2) is 0 Å². The molecule has 120 valence electrons. The highest BCUT2D eigenvalue weighted by molar-refractivity contribution is 6.05. The lowest BCUT2D eigenvalue weighted by atomic mass is 10.1. The van der Waals surface area contributed by atoms with Crippen LogP contribution in [-0.2, 0) is 9.53 Å². The largest absolute Gasteiger partial charge is 0.497 e. The van der Waals surface area contributed by atoms with E-state index >= 15 is 0 Å². The molecule has 1 fully saturated rings. The number of carbonyl (C=O) groups excluding carboxylic acids is 2. The van der Waals surface area contributed by atoms with Crippen molar-refractivity contribution in [3.05, 3.63) is 23.8 Å². The van der Waals surface area contributed by atoms with Crippen molar-refractivity contribution >= 4 is 17.5 Å². The highest BCUT2D eigenvalue weighted by Crippen LogP contribution is 2.25. The molecular weight excluding hydrogens is 286 g/mol. The Morgan fingerprint density at radius 3 is 2.68 bits per heavy atom. The van der Waals surface area contributed by atoms with Crippen LogP contribution in [-0.4, -0.2) is 44.7 Å². The van der Waals surface area contributed by atoms with E-state index in [1.54, 1.807) is 18.2 Å². The third-order valence-corrected chi connectivity index (χ3v) is 3.32. The Morgan fingerprint density at radius 1 is 1.36 bits per heavy atom. The minimum atomic E-state index is -0.800. The molecule has 1 saturated carbocycles. The highest BCUT2D eigenvalue weighted by atomic mass is 16.5. The molecule has 2 rings (SSSR count). The van der Waals surface area contributed by atoms with Crippen LogP contribution in [0, 0.1) is 0 Å². The maximum atomic E-state index is 12.3. The lowest BCUT2D eigenvalue weighted by molar-refractivity contribution is -0.118. The average molecular weight is 307 g/mol. The molecule has 1 atom stereocenters. The summed E-state index contributed by atoms with van der Waals surface area (Å²) in [5.74, 6) is -0.107. The van der Waals surface area contributed by atoms with Crippen molar-refractivity contribution in [3.63, 3.8) is 0 Å². The summed E-state index contributed by atoms with van der Waals surface area (Å²) in [7, 11) is 2.99. The molecule has 2 amide bonds. The van der Waals surface area contributed by atoms with Gasteiger partial charge in [0.2, 0.25) is 5.91 Å². The Kier molecular flexibility index (Phi) is 5.35. The molecule has 1 aliphatic carbocycles. The first kappa shape index (κ1) is 16.3. The summed E-state index contributed by atoms with van der Waals surface area (Å²) in [6.07, 6.45) is 1.96. The molecule has 0 aromatic heterocycles.